The highest BCUT2D eigenvalue weighted by atomic mass is 35.5. The minimum Gasteiger partial charge on any atom is -0.462 e. The van der Waals surface area contributed by atoms with Crippen molar-refractivity contribution in [2.75, 3.05) is 23.8 Å². The first kappa shape index (κ1) is 22.4. The van der Waals surface area contributed by atoms with Crippen LogP contribution in [0.2, 0.25) is 5.02 Å². The number of carbonyl (C=O) groups excluding carboxylic acids is 4. The monoisotopic (exact) mass is 438 g/mol. The Hall–Kier alpha value is -2.91. The zero-order valence-corrected chi connectivity index (χ0v) is 17.5. The Labute approximate surface area is 176 Å². The summed E-state index contributed by atoms with van der Waals surface area (Å²) in [7, 11) is 0. The van der Waals surface area contributed by atoms with Crippen LogP contribution in [0, 0.1) is 6.92 Å². The van der Waals surface area contributed by atoms with E-state index < -0.39 is 23.8 Å². The number of amides is 2. The number of halogens is 1. The third kappa shape index (κ3) is 5.55. The fraction of sp³-hybridized carbons (Fsp3) is 0.263. The van der Waals surface area contributed by atoms with E-state index in [0.29, 0.717) is 16.3 Å². The minimum absolute atomic E-state index is 0.00532. The summed E-state index contributed by atoms with van der Waals surface area (Å²) in [6.07, 6.45) is 0. The quantitative estimate of drug-likeness (QED) is 0.526. The third-order valence-corrected chi connectivity index (χ3v) is 5.04. The topological polar surface area (TPSA) is 111 Å². The van der Waals surface area contributed by atoms with Gasteiger partial charge in [0.2, 0.25) is 0 Å². The molecule has 10 heteroatoms. The van der Waals surface area contributed by atoms with Gasteiger partial charge in [-0.2, -0.15) is 0 Å². The number of hydrogen-bond donors (Lipinski definition) is 2. The van der Waals surface area contributed by atoms with E-state index >= 15 is 0 Å². The molecule has 0 radical (unpaired) electrons. The lowest BCUT2D eigenvalue weighted by Gasteiger charge is -2.06. The maximum absolute atomic E-state index is 12.7. The summed E-state index contributed by atoms with van der Waals surface area (Å²) in [5, 5.41) is 5.47. The van der Waals surface area contributed by atoms with Gasteiger partial charge in [0.05, 0.1) is 23.7 Å². The van der Waals surface area contributed by atoms with Crippen LogP contribution in [0.5, 0.6) is 0 Å². The first-order valence-corrected chi connectivity index (χ1v) is 9.83. The number of anilines is 2. The second-order valence-electron chi connectivity index (χ2n) is 5.62. The summed E-state index contributed by atoms with van der Waals surface area (Å²) in [6, 6.07) is 6.56. The van der Waals surface area contributed by atoms with Crippen LogP contribution in [-0.2, 0) is 19.1 Å². The first-order valence-electron chi connectivity index (χ1n) is 8.63. The highest BCUT2D eigenvalue weighted by molar-refractivity contribution is 7.19. The van der Waals surface area contributed by atoms with Gasteiger partial charge in [-0.25, -0.2) is 9.59 Å². The van der Waals surface area contributed by atoms with Crippen molar-refractivity contribution < 1.29 is 28.7 Å². The zero-order valence-electron chi connectivity index (χ0n) is 16.0. The Balaban J connectivity index is 2.37. The Bertz CT molecular complexity index is 956. The van der Waals surface area contributed by atoms with Crippen LogP contribution < -0.4 is 10.6 Å². The van der Waals surface area contributed by atoms with Crippen LogP contribution >= 0.6 is 22.9 Å². The standard InChI is InChI=1S/C19H19ClN2O6S/c1-4-27-18(25)13-10(3)14(15(23)21-12-8-6-7-11(20)9-12)29-17(13)22-16(24)19(26)28-5-2/h6-9H,4-5H2,1-3H3,(H,21,23)(H,22,24). The molecule has 0 aliphatic carbocycles. The van der Waals surface area contributed by atoms with Crippen molar-refractivity contribution in [2.24, 2.45) is 0 Å². The van der Waals surface area contributed by atoms with Crippen molar-refractivity contribution in [3.8, 4) is 0 Å². The first-order chi connectivity index (χ1) is 13.8. The van der Waals surface area contributed by atoms with Crippen LogP contribution in [0.3, 0.4) is 0 Å². The van der Waals surface area contributed by atoms with Gasteiger partial charge in [0, 0.05) is 10.7 Å². The number of benzene rings is 1. The molecule has 29 heavy (non-hydrogen) atoms. The molecule has 0 atom stereocenters. The number of thiophene rings is 1. The molecule has 2 amide bonds. The van der Waals surface area contributed by atoms with Crippen molar-refractivity contribution in [3.05, 3.63) is 45.3 Å². The number of esters is 2. The molecule has 154 valence electrons. The molecule has 2 rings (SSSR count). The van der Waals surface area contributed by atoms with E-state index in [4.69, 9.17) is 16.3 Å². The fourth-order valence-electron chi connectivity index (χ4n) is 2.37. The van der Waals surface area contributed by atoms with E-state index in [1.165, 1.54) is 0 Å². The van der Waals surface area contributed by atoms with E-state index in [-0.39, 0.29) is 28.7 Å². The molecular formula is C19H19ClN2O6S. The maximum atomic E-state index is 12.7. The number of hydrogen-bond acceptors (Lipinski definition) is 7. The van der Waals surface area contributed by atoms with Crippen LogP contribution in [0.1, 0.15) is 39.4 Å². The predicted octanol–water partition coefficient (Wildman–Crippen LogP) is 3.64. The van der Waals surface area contributed by atoms with Crippen LogP contribution in [0.25, 0.3) is 0 Å². The van der Waals surface area contributed by atoms with Crippen LogP contribution in [-0.4, -0.2) is 37.0 Å². The van der Waals surface area contributed by atoms with E-state index in [0.717, 1.165) is 11.3 Å². The van der Waals surface area contributed by atoms with Crippen molar-refractivity contribution in [3.63, 3.8) is 0 Å². The lowest BCUT2D eigenvalue weighted by Crippen LogP contribution is -2.25. The summed E-state index contributed by atoms with van der Waals surface area (Å²) in [5.74, 6) is -3.38. The molecule has 1 aromatic heterocycles. The van der Waals surface area contributed by atoms with Gasteiger partial charge in [-0.05, 0) is 44.5 Å². The minimum atomic E-state index is -1.10. The largest absolute Gasteiger partial charge is 0.462 e. The van der Waals surface area contributed by atoms with E-state index in [2.05, 4.69) is 15.4 Å². The maximum Gasteiger partial charge on any atom is 0.397 e. The average Bonchev–Trinajstić information content (AvgIpc) is 2.98. The van der Waals surface area contributed by atoms with E-state index in [1.54, 1.807) is 45.0 Å². The molecule has 2 N–H and O–H groups in total. The summed E-state index contributed by atoms with van der Waals surface area (Å²) in [4.78, 5) is 48.9. The molecule has 1 aromatic carbocycles. The highest BCUT2D eigenvalue weighted by Gasteiger charge is 2.28. The Morgan fingerprint density at radius 1 is 1.07 bits per heavy atom. The number of rotatable bonds is 6. The van der Waals surface area contributed by atoms with Gasteiger partial charge in [-0.3, -0.25) is 9.59 Å². The molecule has 0 unspecified atom stereocenters. The summed E-state index contributed by atoms with van der Waals surface area (Å²) in [6.45, 7) is 4.86. The lowest BCUT2D eigenvalue weighted by molar-refractivity contribution is -0.152. The number of ether oxygens (including phenoxy) is 2. The van der Waals surface area contributed by atoms with Gasteiger partial charge >= 0.3 is 17.8 Å². The second-order valence-corrected chi connectivity index (χ2v) is 7.08. The number of carbonyl (C=O) groups is 4. The van der Waals surface area contributed by atoms with Gasteiger partial charge in [-0.1, -0.05) is 17.7 Å². The van der Waals surface area contributed by atoms with E-state index in [9.17, 15) is 19.2 Å². The summed E-state index contributed by atoms with van der Waals surface area (Å²) >= 11 is 6.77. The van der Waals surface area contributed by atoms with Gasteiger partial charge < -0.3 is 20.1 Å². The Morgan fingerprint density at radius 3 is 2.38 bits per heavy atom. The normalized spacial score (nSPS) is 10.2. The Kier molecular flexibility index (Phi) is 7.74. The Morgan fingerprint density at radius 2 is 1.76 bits per heavy atom. The van der Waals surface area contributed by atoms with Crippen molar-refractivity contribution in [2.45, 2.75) is 20.8 Å². The SMILES string of the molecule is CCOC(=O)C(=O)Nc1sc(C(=O)Nc2cccc(Cl)c2)c(C)c1C(=O)OCC. The predicted molar refractivity (Wildman–Crippen MR) is 110 cm³/mol. The van der Waals surface area contributed by atoms with Gasteiger partial charge in [0.25, 0.3) is 5.91 Å². The molecule has 0 aliphatic heterocycles. The molecule has 0 spiro atoms. The average molecular weight is 439 g/mol. The van der Waals surface area contributed by atoms with Crippen LogP contribution in [0.4, 0.5) is 10.7 Å². The number of nitrogens with one attached hydrogen (secondary N) is 2. The highest BCUT2D eigenvalue weighted by Crippen LogP contribution is 2.34. The van der Waals surface area contributed by atoms with Crippen molar-refractivity contribution in [1.82, 2.24) is 0 Å². The van der Waals surface area contributed by atoms with Gasteiger partial charge in [0.15, 0.2) is 0 Å². The smallest absolute Gasteiger partial charge is 0.397 e. The molecule has 0 saturated carbocycles. The molecular weight excluding hydrogens is 420 g/mol. The van der Waals surface area contributed by atoms with Gasteiger partial charge in [-0.15, -0.1) is 11.3 Å². The summed E-state index contributed by atoms with van der Waals surface area (Å²) in [5.41, 5.74) is 0.781. The second kappa shape index (κ2) is 10.0. The van der Waals surface area contributed by atoms with E-state index in [1.807, 2.05) is 0 Å². The zero-order chi connectivity index (χ0) is 21.6. The lowest BCUT2D eigenvalue weighted by atomic mass is 10.1. The third-order valence-electron chi connectivity index (χ3n) is 3.60. The molecule has 2 aromatic rings. The molecule has 0 saturated heterocycles. The van der Waals surface area contributed by atoms with Crippen molar-refractivity contribution in [1.29, 1.82) is 0 Å². The van der Waals surface area contributed by atoms with Gasteiger partial charge in [0.1, 0.15) is 5.00 Å². The molecule has 0 aliphatic rings. The molecule has 1 heterocycles. The molecule has 0 fully saturated rings. The fourth-order valence-corrected chi connectivity index (χ4v) is 3.65. The summed E-state index contributed by atoms with van der Waals surface area (Å²) < 4.78 is 9.66. The van der Waals surface area contributed by atoms with Crippen LogP contribution in [0.15, 0.2) is 24.3 Å². The molecule has 0 bridgehead atoms. The van der Waals surface area contributed by atoms with Crippen molar-refractivity contribution >= 4 is 57.4 Å². The molecule has 8 nitrogen and oxygen atoms in total.